The van der Waals surface area contributed by atoms with Crippen LogP contribution in [-0.4, -0.2) is 12.1 Å². The molecular formula is C12H20N2. The molecule has 2 atom stereocenters. The number of nitriles is 1. The molecule has 2 nitrogen and oxygen atoms in total. The van der Waals surface area contributed by atoms with E-state index in [1.807, 2.05) is 0 Å². The molecule has 2 rings (SSSR count). The molecule has 1 N–H and O–H groups in total. The maximum atomic E-state index is 8.95. The van der Waals surface area contributed by atoms with Crippen LogP contribution in [0, 0.1) is 23.2 Å². The van der Waals surface area contributed by atoms with E-state index >= 15 is 0 Å². The van der Waals surface area contributed by atoms with Crippen LogP contribution in [0.4, 0.5) is 0 Å². The van der Waals surface area contributed by atoms with Gasteiger partial charge in [-0.3, -0.25) is 0 Å². The van der Waals surface area contributed by atoms with Crippen LogP contribution in [0.25, 0.3) is 0 Å². The quantitative estimate of drug-likeness (QED) is 0.745. The maximum Gasteiger partial charge on any atom is 0.0672 e. The molecule has 0 aliphatic heterocycles. The topological polar surface area (TPSA) is 35.8 Å². The summed E-state index contributed by atoms with van der Waals surface area (Å²) in [6.07, 6.45) is 7.56. The van der Waals surface area contributed by atoms with E-state index in [-0.39, 0.29) is 5.92 Å². The molecule has 2 aliphatic carbocycles. The van der Waals surface area contributed by atoms with E-state index in [1.54, 1.807) is 0 Å². The van der Waals surface area contributed by atoms with E-state index in [4.69, 9.17) is 5.26 Å². The molecule has 14 heavy (non-hydrogen) atoms. The molecule has 0 spiro atoms. The summed E-state index contributed by atoms with van der Waals surface area (Å²) in [6, 6.07) is 3.65. The van der Waals surface area contributed by atoms with Crippen LogP contribution < -0.4 is 5.32 Å². The van der Waals surface area contributed by atoms with E-state index in [9.17, 15) is 0 Å². The molecule has 2 heteroatoms. The van der Waals surface area contributed by atoms with Crippen molar-refractivity contribution in [3.8, 4) is 6.07 Å². The standard InChI is InChI=1S/C12H20N2/c1-2-9-6-11(7-9)14-12-5-3-4-10(12)8-13/h9-12,14H,2-7H2,1H3. The molecule has 2 fully saturated rings. The van der Waals surface area contributed by atoms with Gasteiger partial charge in [0.05, 0.1) is 12.0 Å². The monoisotopic (exact) mass is 192 g/mol. The third-order valence-corrected chi connectivity index (χ3v) is 3.94. The van der Waals surface area contributed by atoms with Crippen LogP contribution in [0.1, 0.15) is 45.4 Å². The van der Waals surface area contributed by atoms with Gasteiger partial charge in [-0.1, -0.05) is 19.8 Å². The average molecular weight is 192 g/mol. The van der Waals surface area contributed by atoms with Crippen molar-refractivity contribution in [2.45, 2.75) is 57.5 Å². The predicted molar refractivity (Wildman–Crippen MR) is 56.7 cm³/mol. The van der Waals surface area contributed by atoms with E-state index in [2.05, 4.69) is 18.3 Å². The molecule has 0 saturated heterocycles. The Morgan fingerprint density at radius 3 is 2.79 bits per heavy atom. The van der Waals surface area contributed by atoms with Gasteiger partial charge in [-0.15, -0.1) is 0 Å². The smallest absolute Gasteiger partial charge is 0.0672 e. The summed E-state index contributed by atoms with van der Waals surface area (Å²) in [5.74, 6) is 1.24. The second kappa shape index (κ2) is 4.31. The van der Waals surface area contributed by atoms with Gasteiger partial charge in [0.25, 0.3) is 0 Å². The Hall–Kier alpha value is -0.550. The highest BCUT2D eigenvalue weighted by Crippen LogP contribution is 2.33. The molecule has 0 radical (unpaired) electrons. The summed E-state index contributed by atoms with van der Waals surface area (Å²) in [6.45, 7) is 2.27. The number of nitrogens with zero attached hydrogens (tertiary/aromatic N) is 1. The van der Waals surface area contributed by atoms with Gasteiger partial charge in [-0.05, 0) is 31.6 Å². The highest BCUT2D eigenvalue weighted by atomic mass is 15.0. The number of hydrogen-bond donors (Lipinski definition) is 1. The van der Waals surface area contributed by atoms with E-state index in [0.29, 0.717) is 6.04 Å². The summed E-state index contributed by atoms with van der Waals surface area (Å²) in [5, 5.41) is 12.6. The average Bonchev–Trinajstić information content (AvgIpc) is 2.57. The van der Waals surface area contributed by atoms with Gasteiger partial charge >= 0.3 is 0 Å². The fourth-order valence-electron chi connectivity index (χ4n) is 2.82. The van der Waals surface area contributed by atoms with E-state index < -0.39 is 0 Å². The largest absolute Gasteiger partial charge is 0.310 e. The minimum absolute atomic E-state index is 0.288. The van der Waals surface area contributed by atoms with Crippen LogP contribution in [0.3, 0.4) is 0 Å². The number of rotatable bonds is 3. The molecule has 2 aliphatic rings. The second-order valence-corrected chi connectivity index (χ2v) is 4.88. The summed E-state index contributed by atoms with van der Waals surface area (Å²) in [4.78, 5) is 0. The van der Waals surface area contributed by atoms with Crippen molar-refractivity contribution in [2.24, 2.45) is 11.8 Å². The van der Waals surface area contributed by atoms with Gasteiger partial charge in [0, 0.05) is 12.1 Å². The molecule has 0 aromatic rings. The first-order chi connectivity index (χ1) is 6.83. The molecular weight excluding hydrogens is 172 g/mol. The fourth-order valence-corrected chi connectivity index (χ4v) is 2.82. The fraction of sp³-hybridized carbons (Fsp3) is 0.917. The van der Waals surface area contributed by atoms with Gasteiger partial charge in [-0.25, -0.2) is 0 Å². The summed E-state index contributed by atoms with van der Waals surface area (Å²) in [7, 11) is 0. The van der Waals surface area contributed by atoms with E-state index in [1.165, 1.54) is 32.1 Å². The SMILES string of the molecule is CCC1CC(NC2CCCC2C#N)C1. The second-order valence-electron chi connectivity index (χ2n) is 4.88. The van der Waals surface area contributed by atoms with Gasteiger partial charge in [-0.2, -0.15) is 5.26 Å². The van der Waals surface area contributed by atoms with Crippen molar-refractivity contribution in [1.29, 1.82) is 5.26 Å². The zero-order chi connectivity index (χ0) is 9.97. The molecule has 2 unspecified atom stereocenters. The van der Waals surface area contributed by atoms with Crippen LogP contribution in [-0.2, 0) is 0 Å². The molecule has 0 amide bonds. The van der Waals surface area contributed by atoms with Gasteiger partial charge < -0.3 is 5.32 Å². The first-order valence-electron chi connectivity index (χ1n) is 5.99. The molecule has 0 bridgehead atoms. The Bertz CT molecular complexity index is 225. The van der Waals surface area contributed by atoms with Crippen molar-refractivity contribution in [1.82, 2.24) is 5.32 Å². The Balaban J connectivity index is 1.74. The zero-order valence-corrected chi connectivity index (χ0v) is 9.00. The van der Waals surface area contributed by atoms with Crippen molar-refractivity contribution >= 4 is 0 Å². The lowest BCUT2D eigenvalue weighted by atomic mass is 9.78. The normalized spacial score (nSPS) is 41.7. The Morgan fingerprint density at radius 1 is 1.36 bits per heavy atom. The lowest BCUT2D eigenvalue weighted by molar-refractivity contribution is 0.195. The van der Waals surface area contributed by atoms with Gasteiger partial charge in [0.1, 0.15) is 0 Å². The van der Waals surface area contributed by atoms with Crippen molar-refractivity contribution in [3.05, 3.63) is 0 Å². The number of nitrogens with one attached hydrogen (secondary N) is 1. The van der Waals surface area contributed by atoms with Crippen molar-refractivity contribution in [2.75, 3.05) is 0 Å². The van der Waals surface area contributed by atoms with Crippen molar-refractivity contribution in [3.63, 3.8) is 0 Å². The minimum atomic E-state index is 0.288. The molecule has 0 aromatic carbocycles. The Kier molecular flexibility index (Phi) is 3.08. The first-order valence-corrected chi connectivity index (χ1v) is 5.99. The predicted octanol–water partition coefficient (Wildman–Crippen LogP) is 2.46. The Morgan fingerprint density at radius 2 is 2.14 bits per heavy atom. The summed E-state index contributed by atoms with van der Waals surface area (Å²) < 4.78 is 0. The third-order valence-electron chi connectivity index (χ3n) is 3.94. The lowest BCUT2D eigenvalue weighted by Gasteiger charge is -2.37. The van der Waals surface area contributed by atoms with Gasteiger partial charge in [0.2, 0.25) is 0 Å². The van der Waals surface area contributed by atoms with Crippen LogP contribution in [0.15, 0.2) is 0 Å². The number of hydrogen-bond acceptors (Lipinski definition) is 2. The van der Waals surface area contributed by atoms with Crippen LogP contribution in [0.2, 0.25) is 0 Å². The summed E-state index contributed by atoms with van der Waals surface area (Å²) in [5.41, 5.74) is 0. The van der Waals surface area contributed by atoms with E-state index in [0.717, 1.165) is 18.4 Å². The lowest BCUT2D eigenvalue weighted by Crippen LogP contribution is -2.47. The summed E-state index contributed by atoms with van der Waals surface area (Å²) >= 11 is 0. The van der Waals surface area contributed by atoms with Crippen molar-refractivity contribution < 1.29 is 0 Å². The minimum Gasteiger partial charge on any atom is -0.310 e. The molecule has 2 saturated carbocycles. The highest BCUT2D eigenvalue weighted by Gasteiger charge is 2.33. The highest BCUT2D eigenvalue weighted by molar-refractivity contribution is 4.99. The third kappa shape index (κ3) is 1.93. The van der Waals surface area contributed by atoms with Gasteiger partial charge in [0.15, 0.2) is 0 Å². The maximum absolute atomic E-state index is 8.95. The molecule has 78 valence electrons. The molecule has 0 heterocycles. The first kappa shape index (κ1) is 9.98. The zero-order valence-electron chi connectivity index (χ0n) is 9.00. The van der Waals surface area contributed by atoms with Crippen LogP contribution >= 0.6 is 0 Å². The van der Waals surface area contributed by atoms with Crippen LogP contribution in [0.5, 0.6) is 0 Å². The Labute approximate surface area is 86.7 Å². The molecule has 0 aromatic heterocycles.